The molecule has 0 aliphatic carbocycles. The minimum absolute atomic E-state index is 0. The number of hydrogen-bond donors (Lipinski definition) is 5. The van der Waals surface area contributed by atoms with Crippen LogP contribution in [0, 0.1) is 5.92 Å². The number of benzene rings is 8. The Morgan fingerprint density at radius 1 is 0.480 bits per heavy atom. The third-order valence-electron chi connectivity index (χ3n) is 23.6. The second-order valence-corrected chi connectivity index (χ2v) is 67.8. The van der Waals surface area contributed by atoms with Gasteiger partial charge < -0.3 is 75.1 Å². The Bertz CT molecular complexity index is 5000. The van der Waals surface area contributed by atoms with Crippen molar-refractivity contribution in [3.05, 3.63) is 243 Å². The van der Waals surface area contributed by atoms with Gasteiger partial charge in [0, 0.05) is 44.8 Å². The first kappa shape index (κ1) is 142. The van der Waals surface area contributed by atoms with Gasteiger partial charge in [-0.25, -0.2) is 24.1 Å². The van der Waals surface area contributed by atoms with E-state index in [1.165, 1.54) is 77.0 Å². The normalized spacial score (nSPS) is 15.3. The number of nitrogens with zero attached hydrogens (tertiary/aromatic N) is 1. The van der Waals surface area contributed by atoms with Crippen molar-refractivity contribution in [1.82, 2.24) is 27.0 Å². The van der Waals surface area contributed by atoms with Crippen LogP contribution in [-0.2, 0) is 65.7 Å². The van der Waals surface area contributed by atoms with Crippen LogP contribution in [0.2, 0.25) is 20.2 Å². The maximum absolute atomic E-state index is 12.8. The van der Waals surface area contributed by atoms with Gasteiger partial charge in [0.1, 0.15) is 34.5 Å². The fourth-order valence-corrected chi connectivity index (χ4v) is 37.2. The molecule has 0 radical (unpaired) electrons. The van der Waals surface area contributed by atoms with E-state index in [1.54, 1.807) is 62.3 Å². The summed E-state index contributed by atoms with van der Waals surface area (Å²) in [6, 6.07) is 83.3. The zero-order valence-electron chi connectivity index (χ0n) is 94.6. The molecule has 8 aromatic carbocycles. The number of rotatable bonds is 25. The van der Waals surface area contributed by atoms with E-state index in [2.05, 4.69) is 269 Å². The van der Waals surface area contributed by atoms with E-state index >= 15 is 0 Å². The number of Topliss-reactive ketones (excluding diaryl/α,β-unsaturated/α-hetero) is 1. The third kappa shape index (κ3) is 47.3. The van der Waals surface area contributed by atoms with E-state index in [1.807, 2.05) is 132 Å². The number of imide groups is 1. The molecule has 32 heteroatoms. The molecular formula is C118H182BrClIMgN5O19Si4. The Morgan fingerprint density at radius 2 is 0.787 bits per heavy atom. The number of alkyl halides is 1. The van der Waals surface area contributed by atoms with Gasteiger partial charge in [0.25, 0.3) is 25.0 Å². The van der Waals surface area contributed by atoms with Crippen LogP contribution in [0.25, 0.3) is 0 Å². The molecule has 4 aliphatic rings. The molecule has 4 saturated heterocycles. The Kier molecular flexibility index (Phi) is 64.0. The van der Waals surface area contributed by atoms with Crippen LogP contribution in [0.4, 0.5) is 19.2 Å². The van der Waals surface area contributed by atoms with Crippen molar-refractivity contribution in [2.24, 2.45) is 5.92 Å². The summed E-state index contributed by atoms with van der Waals surface area (Å²) in [5.41, 5.74) is -2.66. The van der Waals surface area contributed by atoms with Crippen LogP contribution in [0.5, 0.6) is 0 Å². The number of likely N-dealkylation sites (tertiary alicyclic amines) is 1. The second kappa shape index (κ2) is 67.6. The van der Waals surface area contributed by atoms with Crippen molar-refractivity contribution in [3.63, 3.8) is 0 Å². The molecule has 150 heavy (non-hydrogen) atoms. The largest absolute Gasteiger partial charge is 2.00 e. The smallest absolute Gasteiger partial charge is 1.00 e. The van der Waals surface area contributed by atoms with Gasteiger partial charge in [-0.2, -0.15) is 11.1 Å². The van der Waals surface area contributed by atoms with Gasteiger partial charge in [-0.05, 0) is 190 Å². The standard InChI is InChI=1S/C29H43NO4Si.C26H35NO4Si.C21H27NO2Si.C16H19ClSi.C10H18O5.C5H9NO2.C4H8O.C3H7BrI.C2H4O.2CH4.Mg.H3N.H/c1-22(2)26(31)20-19-23(30-27(32)34-28(3,4)5)21-33-35(29(6,7)8,24-15-11-9-12-16-24)25-17-13-10-14-18-25;1-25(2,3)31-24(29)27-20(17-18-23(27)28)19-30-32(26(4,5)6,21-13-9-7-10-14-21)22-15-11-8-12-16-22;1-21(2,3)25(18-10-6-4-7-11-18,19-12-8-5-9-13-19)24-16-17-14-15-20(23)22-17;1-16(2,3)18(17,14-10-6-4-7-11-14)15-12-8-5-9-13-15;1-9(2,3)14-7(11)13-8(12)15-10(4,5)6;7-3-4-1-2-5(8)6-4;1-2-4-5-3-1;1-2-3-5-4;1-2-3;;;;;/h9-18,22-23H,19-21H2,1-8H3,(H,30,32);7-16,20H,17-19H2,1-6H3;4-13,17H,14-16H2,1-3H3,(H,22,23);4-13H,1-3H3;1-6H3;4,7H,1-3H2,(H,6,8);1-4H2;2-3H2,1H3;2H,1H3;2*1H4;;1H3;/q;;;;;;;-1;;;;+2;;-1/t23-;20-;17-;;;4-;;;;;;;;/m000..0......../s1. The molecule has 24 nitrogen and oxygen atoms in total. The summed E-state index contributed by atoms with van der Waals surface area (Å²) in [5.74, 6) is 0.122. The van der Waals surface area contributed by atoms with Gasteiger partial charge in [0.05, 0.1) is 50.6 Å². The Hall–Kier alpha value is -8.12. The van der Waals surface area contributed by atoms with Gasteiger partial charge in [-0.15, -0.1) is 0 Å². The number of ketones is 1. The maximum atomic E-state index is 12.8. The molecule has 0 spiro atoms. The molecule has 12 rings (SSSR count). The van der Waals surface area contributed by atoms with Crippen LogP contribution in [0.1, 0.15) is 281 Å². The van der Waals surface area contributed by atoms with Crippen molar-refractivity contribution in [2.75, 3.05) is 44.1 Å². The van der Waals surface area contributed by atoms with Gasteiger partial charge in [0.15, 0.2) is 0 Å². The number of carbonyl (C=O) groups excluding carboxylic acids is 9. The van der Waals surface area contributed by atoms with Crippen molar-refractivity contribution in [3.8, 4) is 0 Å². The number of halogens is 3. The molecule has 0 aromatic heterocycles. The quantitative estimate of drug-likeness (QED) is 0.00519. The molecule has 0 bridgehead atoms. The summed E-state index contributed by atoms with van der Waals surface area (Å²) in [7, 11) is -10.2. The minimum atomic E-state index is -2.77. The summed E-state index contributed by atoms with van der Waals surface area (Å²) in [6.45, 7) is 58.5. The number of amides is 5. The van der Waals surface area contributed by atoms with Crippen molar-refractivity contribution in [2.45, 2.75) is 346 Å². The van der Waals surface area contributed by atoms with E-state index in [4.69, 9.17) is 57.9 Å². The number of nitrogens with one attached hydrogen (secondary N) is 3. The molecule has 4 heterocycles. The van der Waals surface area contributed by atoms with Crippen LogP contribution in [0.3, 0.4) is 0 Å². The summed E-state index contributed by atoms with van der Waals surface area (Å²) >= 11 is 11.0. The van der Waals surface area contributed by atoms with Crippen molar-refractivity contribution < 1.29 is 110 Å². The average molecular weight is 2350 g/mol. The zero-order chi connectivity index (χ0) is 110. The minimum Gasteiger partial charge on any atom is -1.00 e. The van der Waals surface area contributed by atoms with Gasteiger partial charge >= 0.3 is 97.0 Å². The van der Waals surface area contributed by atoms with Crippen molar-refractivity contribution >= 4 is 175 Å². The van der Waals surface area contributed by atoms with E-state index in [0.717, 1.165) is 32.3 Å². The first-order chi connectivity index (χ1) is 68.3. The fourth-order valence-electron chi connectivity index (χ4n) is 16.9. The Labute approximate surface area is 943 Å². The third-order valence-corrected chi connectivity index (χ3v) is 49.4. The van der Waals surface area contributed by atoms with Crippen molar-refractivity contribution in [1.29, 1.82) is 0 Å². The molecule has 0 saturated carbocycles. The molecule has 8 aromatic rings. The maximum Gasteiger partial charge on any atom is 2.00 e. The number of hydrogen-bond acceptors (Lipinski definition) is 20. The SMILES string of the molecule is C.C.C1CCOC1.CC(C)(C)OC(=O)N1C(=O)CC[C@H]1CO[Si](c1ccccc1)(c1ccccc1)C(C)(C)C.CC(C)(C)OC(=O)OC(=O)OC(C)(C)C.CC(C)(C)[Si](Cl)(c1ccccc1)c1ccccc1.CC(C)(C)[Si](OC[C@@H]1CCC(=O)N1)(c1ccccc1)c1ccccc1.CC(C)C(=O)CC[C@@H](CO[Si](c1ccccc1)(c1ccccc1)C(C)(C)C)NC(=O)OC(C)(C)C.CC=O.CCC[I-]Br.N.O=C1CC[C@@H](CO)N1.[H-].[Mg+2]. The molecular weight excluding hydrogens is 2170 g/mol. The molecule has 7 N–H and O–H groups in total. The van der Waals surface area contributed by atoms with Gasteiger partial charge in [-0.1, -0.05) is 354 Å². The number of aliphatic hydroxyl groups is 1. The second-order valence-electron chi connectivity index (χ2n) is 44.7. The molecule has 832 valence electrons. The van der Waals surface area contributed by atoms with Crippen LogP contribution >= 0.6 is 23.8 Å². The summed E-state index contributed by atoms with van der Waals surface area (Å²) in [4.78, 5) is 104. The van der Waals surface area contributed by atoms with E-state index in [0.29, 0.717) is 64.1 Å². The number of aldehydes is 1. The number of ether oxygens (including phenoxy) is 6. The number of alkyl carbamates (subject to hydrolysis) is 1. The zero-order valence-corrected chi connectivity index (χ0v) is 103. The molecule has 4 aliphatic heterocycles. The predicted molar refractivity (Wildman–Crippen MR) is 627 cm³/mol. The average Bonchev–Trinajstić information content (AvgIpc) is 1.29. The first-order valence-corrected chi connectivity index (χ1v) is 66.0. The molecule has 5 amide bonds. The van der Waals surface area contributed by atoms with Gasteiger partial charge in [0.2, 0.25) is 25.1 Å². The molecule has 4 fully saturated rings. The Morgan fingerprint density at radius 3 is 1.03 bits per heavy atom. The first-order valence-electron chi connectivity index (χ1n) is 50.9. The van der Waals surface area contributed by atoms with Crippen LogP contribution in [0.15, 0.2) is 243 Å². The Balaban J connectivity index is 0. The van der Waals surface area contributed by atoms with Crippen LogP contribution < -0.4 is 82.6 Å². The number of carbonyl (C=O) groups is 9. The summed E-state index contributed by atoms with van der Waals surface area (Å²) < 4.78 is 52.0. The topological polar surface area (TPSA) is 331 Å². The number of aliphatic hydroxyl groups excluding tert-OH is 1. The fraction of sp³-hybridized carbons (Fsp3) is 0.517. The van der Waals surface area contributed by atoms with Crippen LogP contribution in [-0.4, -0.2) is 210 Å². The van der Waals surface area contributed by atoms with Gasteiger partial charge in [-0.3, -0.25) is 19.2 Å². The van der Waals surface area contributed by atoms with E-state index in [-0.39, 0.29) is 139 Å². The predicted octanol–water partition coefficient (Wildman–Crippen LogP) is 19.7. The molecule has 0 unspecified atom stereocenters. The summed E-state index contributed by atoms with van der Waals surface area (Å²) in [6.07, 6.45) is 6.06. The monoisotopic (exact) mass is 2350 g/mol. The molecule has 4 atom stereocenters. The van der Waals surface area contributed by atoms with E-state index < -0.39 is 79.2 Å². The van der Waals surface area contributed by atoms with E-state index in [9.17, 15) is 38.4 Å². The summed E-state index contributed by atoms with van der Waals surface area (Å²) in [5, 5.41) is 26.6.